The lowest BCUT2D eigenvalue weighted by Crippen LogP contribution is -1.93. The van der Waals surface area contributed by atoms with Crippen molar-refractivity contribution >= 4 is 10.8 Å². The summed E-state index contributed by atoms with van der Waals surface area (Å²) >= 11 is 0. The van der Waals surface area contributed by atoms with Gasteiger partial charge in [0, 0.05) is 16.5 Å². The maximum absolute atomic E-state index is 13.9. The van der Waals surface area contributed by atoms with E-state index in [0.717, 1.165) is 37.3 Å². The van der Waals surface area contributed by atoms with Gasteiger partial charge < -0.3 is 0 Å². The average Bonchev–Trinajstić information content (AvgIpc) is 2.84. The van der Waals surface area contributed by atoms with Gasteiger partial charge in [-0.05, 0) is 78.1 Å². The fourth-order valence-electron chi connectivity index (χ4n) is 3.71. The molecule has 4 aromatic carbocycles. The second-order valence-electron chi connectivity index (χ2n) is 8.01. The predicted molar refractivity (Wildman–Crippen MR) is 129 cm³/mol. The summed E-state index contributed by atoms with van der Waals surface area (Å²) in [5.41, 5.74) is 5.33. The van der Waals surface area contributed by atoms with Crippen molar-refractivity contribution in [1.29, 1.82) is 0 Å². The van der Waals surface area contributed by atoms with E-state index in [1.54, 1.807) is 12.1 Å². The summed E-state index contributed by atoms with van der Waals surface area (Å²) in [6, 6.07) is 22.4. The molecule has 0 atom stereocenters. The zero-order chi connectivity index (χ0) is 23.2. The molecule has 0 saturated carbocycles. The molecule has 0 nitrogen and oxygen atoms in total. The molecule has 164 valence electrons. The van der Waals surface area contributed by atoms with E-state index >= 15 is 0 Å². The van der Waals surface area contributed by atoms with Crippen molar-refractivity contribution in [3.8, 4) is 11.8 Å². The molecule has 0 fully saturated rings. The first-order valence-electron chi connectivity index (χ1n) is 10.9. The Morgan fingerprint density at radius 1 is 0.636 bits per heavy atom. The number of fused-ring (bicyclic) bond motifs is 1. The Hall–Kier alpha value is -3.77. The summed E-state index contributed by atoms with van der Waals surface area (Å²) in [6.07, 6.45) is 5.87. The molecule has 0 spiro atoms. The van der Waals surface area contributed by atoms with Gasteiger partial charge in [-0.15, -0.1) is 6.58 Å². The zero-order valence-corrected chi connectivity index (χ0v) is 18.2. The van der Waals surface area contributed by atoms with Crippen LogP contribution in [0, 0.1) is 29.3 Å². The lowest BCUT2D eigenvalue weighted by atomic mass is 10.0. The van der Waals surface area contributed by atoms with Crippen LogP contribution >= 0.6 is 0 Å². The van der Waals surface area contributed by atoms with Gasteiger partial charge in [-0.3, -0.25) is 0 Å². The number of hydrogen-bond acceptors (Lipinski definition) is 0. The minimum Gasteiger partial charge on any atom is -0.204 e. The molecule has 33 heavy (non-hydrogen) atoms. The predicted octanol–water partition coefficient (Wildman–Crippen LogP) is 7.56. The molecule has 0 unspecified atom stereocenters. The molecule has 4 rings (SSSR count). The summed E-state index contributed by atoms with van der Waals surface area (Å²) in [4.78, 5) is 0. The smallest absolute Gasteiger partial charge is 0.195 e. The van der Waals surface area contributed by atoms with E-state index in [4.69, 9.17) is 0 Å². The monoisotopic (exact) mass is 440 g/mol. The van der Waals surface area contributed by atoms with Crippen molar-refractivity contribution in [1.82, 2.24) is 0 Å². The van der Waals surface area contributed by atoms with Crippen LogP contribution in [0.5, 0.6) is 0 Å². The standard InChI is InChI=1S/C30H23F3/c1-2-3-4-21-5-7-22(8-6-21)9-10-23-11-13-24(14-12-23)15-16-25-17-18-27-26(19-25)20-28(31)30(33)29(27)32/h2,5-8,11-14,17-20H,1,3-4,9-10H2. The lowest BCUT2D eigenvalue weighted by molar-refractivity contribution is 0.453. The Morgan fingerprint density at radius 3 is 1.82 bits per heavy atom. The summed E-state index contributed by atoms with van der Waals surface area (Å²) < 4.78 is 40.8. The number of rotatable bonds is 6. The van der Waals surface area contributed by atoms with Crippen LogP contribution in [0.15, 0.2) is 85.5 Å². The van der Waals surface area contributed by atoms with E-state index in [-0.39, 0.29) is 10.8 Å². The van der Waals surface area contributed by atoms with Crippen LogP contribution in [0.4, 0.5) is 13.2 Å². The van der Waals surface area contributed by atoms with Gasteiger partial charge >= 0.3 is 0 Å². The van der Waals surface area contributed by atoms with E-state index in [1.807, 2.05) is 18.2 Å². The molecule has 0 aliphatic heterocycles. The van der Waals surface area contributed by atoms with Crippen LogP contribution in [-0.4, -0.2) is 0 Å². The van der Waals surface area contributed by atoms with E-state index in [2.05, 4.69) is 54.8 Å². The largest absolute Gasteiger partial charge is 0.204 e. The summed E-state index contributed by atoms with van der Waals surface area (Å²) in [7, 11) is 0. The first-order valence-corrected chi connectivity index (χ1v) is 10.9. The van der Waals surface area contributed by atoms with Gasteiger partial charge in [0.1, 0.15) is 0 Å². The molecule has 0 amide bonds. The fraction of sp³-hybridized carbons (Fsp3) is 0.133. The van der Waals surface area contributed by atoms with Crippen LogP contribution in [0.2, 0.25) is 0 Å². The molecule has 0 bridgehead atoms. The van der Waals surface area contributed by atoms with Crippen molar-refractivity contribution in [3.63, 3.8) is 0 Å². The Morgan fingerprint density at radius 2 is 1.18 bits per heavy atom. The first-order chi connectivity index (χ1) is 16.0. The number of benzene rings is 4. The topological polar surface area (TPSA) is 0 Å². The summed E-state index contributed by atoms with van der Waals surface area (Å²) in [6.45, 7) is 3.76. The third-order valence-corrected chi connectivity index (χ3v) is 5.64. The zero-order valence-electron chi connectivity index (χ0n) is 18.2. The minimum atomic E-state index is -1.46. The molecule has 0 aliphatic carbocycles. The highest BCUT2D eigenvalue weighted by Crippen LogP contribution is 2.24. The van der Waals surface area contributed by atoms with E-state index in [9.17, 15) is 13.2 Å². The van der Waals surface area contributed by atoms with Crippen molar-refractivity contribution in [2.75, 3.05) is 0 Å². The highest BCUT2D eigenvalue weighted by Gasteiger charge is 2.13. The molecule has 3 heteroatoms. The van der Waals surface area contributed by atoms with Crippen molar-refractivity contribution in [2.24, 2.45) is 0 Å². The maximum atomic E-state index is 13.9. The van der Waals surface area contributed by atoms with Crippen LogP contribution in [0.25, 0.3) is 10.8 Å². The Bertz CT molecular complexity index is 1340. The van der Waals surface area contributed by atoms with E-state index in [0.29, 0.717) is 5.56 Å². The van der Waals surface area contributed by atoms with Crippen LogP contribution < -0.4 is 0 Å². The van der Waals surface area contributed by atoms with Crippen molar-refractivity contribution in [2.45, 2.75) is 25.7 Å². The fourth-order valence-corrected chi connectivity index (χ4v) is 3.71. The molecule has 0 aliphatic rings. The third-order valence-electron chi connectivity index (χ3n) is 5.64. The van der Waals surface area contributed by atoms with Gasteiger partial charge in [-0.1, -0.05) is 60.4 Å². The minimum absolute atomic E-state index is 0.0372. The van der Waals surface area contributed by atoms with Crippen LogP contribution in [-0.2, 0) is 19.3 Å². The van der Waals surface area contributed by atoms with Crippen molar-refractivity contribution in [3.05, 3.63) is 131 Å². The number of aryl methyl sites for hydroxylation is 3. The van der Waals surface area contributed by atoms with E-state index < -0.39 is 17.5 Å². The Labute approximate surface area is 192 Å². The van der Waals surface area contributed by atoms with Gasteiger partial charge in [0.2, 0.25) is 0 Å². The highest BCUT2D eigenvalue weighted by molar-refractivity contribution is 5.84. The highest BCUT2D eigenvalue weighted by atomic mass is 19.2. The molecule has 0 saturated heterocycles. The second-order valence-corrected chi connectivity index (χ2v) is 8.01. The van der Waals surface area contributed by atoms with E-state index in [1.165, 1.54) is 22.8 Å². The van der Waals surface area contributed by atoms with Gasteiger partial charge in [0.25, 0.3) is 0 Å². The molecule has 4 aromatic rings. The molecule has 0 aromatic heterocycles. The number of allylic oxidation sites excluding steroid dienone is 1. The lowest BCUT2D eigenvalue weighted by Gasteiger charge is -2.05. The first kappa shape index (κ1) is 22.4. The summed E-state index contributed by atoms with van der Waals surface area (Å²) in [5, 5.41) is 0.317. The normalized spacial score (nSPS) is 10.6. The molecular formula is C30H23F3. The maximum Gasteiger partial charge on any atom is 0.195 e. The van der Waals surface area contributed by atoms with Gasteiger partial charge in [0.05, 0.1) is 0 Å². The molecular weight excluding hydrogens is 417 g/mol. The third kappa shape index (κ3) is 5.54. The number of hydrogen-bond donors (Lipinski definition) is 0. The average molecular weight is 441 g/mol. The van der Waals surface area contributed by atoms with Crippen LogP contribution in [0.3, 0.4) is 0 Å². The van der Waals surface area contributed by atoms with Crippen molar-refractivity contribution < 1.29 is 13.2 Å². The molecule has 0 heterocycles. The van der Waals surface area contributed by atoms with Gasteiger partial charge in [-0.25, -0.2) is 13.2 Å². The molecule has 0 radical (unpaired) electrons. The second kappa shape index (κ2) is 10.2. The van der Waals surface area contributed by atoms with Gasteiger partial charge in [0.15, 0.2) is 17.5 Å². The Balaban J connectivity index is 1.40. The quantitative estimate of drug-likeness (QED) is 0.165. The van der Waals surface area contributed by atoms with Crippen LogP contribution in [0.1, 0.15) is 34.2 Å². The SMILES string of the molecule is C=CCCc1ccc(CCc2ccc(C#Cc3ccc4c(F)c(F)c(F)cc4c3)cc2)cc1. The molecule has 0 N–H and O–H groups in total. The Kier molecular flexibility index (Phi) is 6.95. The number of halogens is 3. The summed E-state index contributed by atoms with van der Waals surface area (Å²) in [5.74, 6) is 2.24. The van der Waals surface area contributed by atoms with Gasteiger partial charge in [-0.2, -0.15) is 0 Å².